The summed E-state index contributed by atoms with van der Waals surface area (Å²) in [7, 11) is -1.68. The van der Waals surface area contributed by atoms with Crippen molar-refractivity contribution in [1.29, 1.82) is 0 Å². The summed E-state index contributed by atoms with van der Waals surface area (Å²) in [6.07, 6.45) is -0.663. The Morgan fingerprint density at radius 2 is 1.86 bits per heavy atom. The molecular formula is C15H25BN2O4. The van der Waals surface area contributed by atoms with E-state index >= 15 is 0 Å². The molecule has 0 aromatic heterocycles. The summed E-state index contributed by atoms with van der Waals surface area (Å²) in [5, 5.41) is 31.0. The minimum absolute atomic E-state index is 0.169. The molecule has 0 saturated carbocycles. The fourth-order valence-corrected chi connectivity index (χ4v) is 2.22. The van der Waals surface area contributed by atoms with Gasteiger partial charge in [0.2, 0.25) is 5.91 Å². The van der Waals surface area contributed by atoms with Crippen molar-refractivity contribution in [3.63, 3.8) is 0 Å². The predicted molar refractivity (Wildman–Crippen MR) is 85.7 cm³/mol. The van der Waals surface area contributed by atoms with Gasteiger partial charge in [-0.1, -0.05) is 44.2 Å². The molecule has 0 heterocycles. The molecule has 0 saturated heterocycles. The van der Waals surface area contributed by atoms with Crippen LogP contribution in [0, 0.1) is 5.92 Å². The maximum atomic E-state index is 12.0. The zero-order chi connectivity index (χ0) is 16.7. The molecule has 7 heteroatoms. The fraction of sp³-hybridized carbons (Fsp3) is 0.533. The van der Waals surface area contributed by atoms with Crippen molar-refractivity contribution in [2.75, 3.05) is 0 Å². The van der Waals surface area contributed by atoms with Crippen LogP contribution in [-0.2, 0) is 11.2 Å². The summed E-state index contributed by atoms with van der Waals surface area (Å²) in [6, 6.07) is 8.55. The highest BCUT2D eigenvalue weighted by molar-refractivity contribution is 6.43. The molecule has 0 aliphatic rings. The van der Waals surface area contributed by atoms with Crippen molar-refractivity contribution in [1.82, 2.24) is 5.32 Å². The van der Waals surface area contributed by atoms with Gasteiger partial charge in [0, 0.05) is 6.04 Å². The lowest BCUT2D eigenvalue weighted by Crippen LogP contribution is -2.54. The van der Waals surface area contributed by atoms with E-state index in [1.54, 1.807) is 0 Å². The topological polar surface area (TPSA) is 116 Å². The quantitative estimate of drug-likeness (QED) is 0.414. The zero-order valence-corrected chi connectivity index (χ0v) is 13.0. The smallest absolute Gasteiger partial charge is 0.426 e. The lowest BCUT2D eigenvalue weighted by Gasteiger charge is -2.24. The van der Waals surface area contributed by atoms with Gasteiger partial charge in [0.15, 0.2) is 0 Å². The Labute approximate surface area is 131 Å². The zero-order valence-electron chi connectivity index (χ0n) is 13.0. The third kappa shape index (κ3) is 6.15. The maximum absolute atomic E-state index is 12.0. The van der Waals surface area contributed by atoms with E-state index in [0.717, 1.165) is 5.56 Å². The van der Waals surface area contributed by atoms with E-state index in [9.17, 15) is 19.9 Å². The Kier molecular flexibility index (Phi) is 7.54. The van der Waals surface area contributed by atoms with Crippen LogP contribution in [0.1, 0.15) is 25.8 Å². The van der Waals surface area contributed by atoms with Crippen LogP contribution in [-0.4, -0.2) is 46.3 Å². The number of hydrogen-bond donors (Lipinski definition) is 5. The van der Waals surface area contributed by atoms with Crippen LogP contribution in [0.2, 0.25) is 0 Å². The summed E-state index contributed by atoms with van der Waals surface area (Å²) >= 11 is 0. The Morgan fingerprint density at radius 3 is 2.36 bits per heavy atom. The number of amides is 1. The van der Waals surface area contributed by atoms with E-state index in [1.165, 1.54) is 0 Å². The van der Waals surface area contributed by atoms with Gasteiger partial charge in [-0.15, -0.1) is 0 Å². The molecule has 0 unspecified atom stereocenters. The number of carbonyl (C=O) groups is 1. The van der Waals surface area contributed by atoms with E-state index in [1.807, 2.05) is 44.2 Å². The highest BCUT2D eigenvalue weighted by atomic mass is 16.4. The minimum atomic E-state index is -1.68. The first-order valence-corrected chi connectivity index (χ1v) is 7.45. The summed E-state index contributed by atoms with van der Waals surface area (Å²) in [5.41, 5.74) is 6.79. The molecule has 0 bridgehead atoms. The average molecular weight is 308 g/mol. The molecule has 1 aromatic rings. The minimum Gasteiger partial charge on any atom is -0.426 e. The van der Waals surface area contributed by atoms with Gasteiger partial charge in [-0.3, -0.25) is 4.79 Å². The first kappa shape index (κ1) is 18.6. The van der Waals surface area contributed by atoms with Crippen molar-refractivity contribution in [2.24, 2.45) is 11.7 Å². The molecule has 6 N–H and O–H groups in total. The molecule has 3 atom stereocenters. The van der Waals surface area contributed by atoms with Gasteiger partial charge in [0.1, 0.15) is 6.10 Å². The molecule has 6 nitrogen and oxygen atoms in total. The fourth-order valence-electron chi connectivity index (χ4n) is 2.22. The molecule has 0 fully saturated rings. The van der Waals surface area contributed by atoms with Crippen LogP contribution in [0.4, 0.5) is 0 Å². The van der Waals surface area contributed by atoms with Gasteiger partial charge >= 0.3 is 7.12 Å². The van der Waals surface area contributed by atoms with Crippen LogP contribution in [0.5, 0.6) is 0 Å². The van der Waals surface area contributed by atoms with Gasteiger partial charge in [0.25, 0.3) is 0 Å². The van der Waals surface area contributed by atoms with Crippen molar-refractivity contribution < 1.29 is 19.9 Å². The lowest BCUT2D eigenvalue weighted by atomic mass is 9.75. The second-order valence-electron chi connectivity index (χ2n) is 5.96. The highest BCUT2D eigenvalue weighted by Crippen LogP contribution is 2.08. The highest BCUT2D eigenvalue weighted by Gasteiger charge is 2.30. The Balaban J connectivity index is 2.59. The summed E-state index contributed by atoms with van der Waals surface area (Å²) in [5.74, 6) is -1.35. The van der Waals surface area contributed by atoms with Crippen molar-refractivity contribution in [3.05, 3.63) is 35.9 Å². The third-order valence-electron chi connectivity index (χ3n) is 3.40. The number of benzene rings is 1. The van der Waals surface area contributed by atoms with Gasteiger partial charge in [-0.05, 0) is 24.3 Å². The van der Waals surface area contributed by atoms with Crippen LogP contribution in [0.25, 0.3) is 0 Å². The molecule has 0 aliphatic heterocycles. The van der Waals surface area contributed by atoms with E-state index < -0.39 is 31.1 Å². The SMILES string of the molecule is CC(C)C[C@H](NC(=O)[C@@H](O)[C@H](N)Cc1ccccc1)B(O)O. The lowest BCUT2D eigenvalue weighted by molar-refractivity contribution is -0.130. The number of carbonyl (C=O) groups excluding carboxylic acids is 1. The van der Waals surface area contributed by atoms with Crippen LogP contribution < -0.4 is 11.1 Å². The average Bonchev–Trinajstić information content (AvgIpc) is 2.46. The van der Waals surface area contributed by atoms with E-state index in [-0.39, 0.29) is 5.92 Å². The van der Waals surface area contributed by atoms with Crippen molar-refractivity contribution in [3.8, 4) is 0 Å². The van der Waals surface area contributed by atoms with Gasteiger partial charge in [-0.2, -0.15) is 0 Å². The number of hydrogen-bond acceptors (Lipinski definition) is 5. The van der Waals surface area contributed by atoms with E-state index in [4.69, 9.17) is 5.73 Å². The van der Waals surface area contributed by atoms with Crippen LogP contribution in [0.3, 0.4) is 0 Å². The normalized spacial score (nSPS) is 15.2. The molecule has 1 aromatic carbocycles. The third-order valence-corrected chi connectivity index (χ3v) is 3.40. The molecule has 1 amide bonds. The molecule has 1 rings (SSSR count). The Morgan fingerprint density at radius 1 is 1.27 bits per heavy atom. The number of rotatable bonds is 8. The molecule has 0 spiro atoms. The largest absolute Gasteiger partial charge is 0.475 e. The molecule has 122 valence electrons. The first-order valence-electron chi connectivity index (χ1n) is 7.45. The maximum Gasteiger partial charge on any atom is 0.475 e. The summed E-state index contributed by atoms with van der Waals surface area (Å²) < 4.78 is 0. The second kappa shape index (κ2) is 8.90. The van der Waals surface area contributed by atoms with E-state index in [0.29, 0.717) is 12.8 Å². The molecular weight excluding hydrogens is 283 g/mol. The van der Waals surface area contributed by atoms with Gasteiger partial charge in [0.05, 0.1) is 5.94 Å². The number of nitrogens with two attached hydrogens (primary N) is 1. The van der Waals surface area contributed by atoms with Gasteiger partial charge < -0.3 is 26.2 Å². The van der Waals surface area contributed by atoms with Crippen molar-refractivity contribution >= 4 is 13.0 Å². The standard InChI is InChI=1S/C15H25BN2O4/c1-10(2)8-13(16(21)22)18-15(20)14(19)12(17)9-11-6-4-3-5-7-11/h3-7,10,12-14,19,21-22H,8-9,17H2,1-2H3,(H,18,20)/t12-,13+,14+/m1/s1. The number of aliphatic hydroxyl groups excluding tert-OH is 1. The number of nitrogens with one attached hydrogen (secondary N) is 1. The summed E-state index contributed by atoms with van der Waals surface area (Å²) in [6.45, 7) is 3.80. The van der Waals surface area contributed by atoms with E-state index in [2.05, 4.69) is 5.32 Å². The summed E-state index contributed by atoms with van der Waals surface area (Å²) in [4.78, 5) is 12.0. The monoisotopic (exact) mass is 308 g/mol. The predicted octanol–water partition coefficient (Wildman–Crippen LogP) is -0.540. The van der Waals surface area contributed by atoms with Gasteiger partial charge in [-0.25, -0.2) is 0 Å². The van der Waals surface area contributed by atoms with Crippen LogP contribution >= 0.6 is 0 Å². The Bertz CT molecular complexity index is 456. The molecule has 22 heavy (non-hydrogen) atoms. The number of aliphatic hydroxyl groups is 1. The molecule has 0 radical (unpaired) electrons. The van der Waals surface area contributed by atoms with Crippen molar-refractivity contribution in [2.45, 2.75) is 44.8 Å². The molecule has 0 aliphatic carbocycles. The second-order valence-corrected chi connectivity index (χ2v) is 5.96. The Hall–Kier alpha value is -1.41. The van der Waals surface area contributed by atoms with Crippen LogP contribution in [0.15, 0.2) is 30.3 Å². The first-order chi connectivity index (χ1) is 10.3.